The monoisotopic (exact) mass is 349 g/mol. The largest absolute Gasteiger partial charge is 0.478 e. The first-order valence-corrected chi connectivity index (χ1v) is 7.47. The van der Waals surface area contributed by atoms with E-state index in [-0.39, 0.29) is 0 Å². The highest BCUT2D eigenvalue weighted by Crippen LogP contribution is 2.28. The predicted octanol–water partition coefficient (Wildman–Crippen LogP) is 2.00. The Morgan fingerprint density at radius 3 is 2.57 bits per heavy atom. The van der Waals surface area contributed by atoms with Crippen molar-refractivity contribution in [2.45, 2.75) is 11.3 Å². The van der Waals surface area contributed by atoms with E-state index in [4.69, 9.17) is 5.11 Å². The summed E-state index contributed by atoms with van der Waals surface area (Å²) in [5, 5.41) is 12.2. The van der Waals surface area contributed by atoms with Gasteiger partial charge in [-0.3, -0.25) is 9.40 Å². The molecule has 0 unspecified atom stereocenters. The minimum Gasteiger partial charge on any atom is -0.478 e. The summed E-state index contributed by atoms with van der Waals surface area (Å²) in [5.41, 5.74) is -1.63. The minimum absolute atomic E-state index is 0.448. The molecule has 0 saturated heterocycles. The third-order valence-electron chi connectivity index (χ3n) is 2.90. The first kappa shape index (κ1) is 16.8. The van der Waals surface area contributed by atoms with Crippen LogP contribution >= 0.6 is 0 Å². The number of aryl methyl sites for hydroxylation is 1. The van der Waals surface area contributed by atoms with Gasteiger partial charge in [0.1, 0.15) is 16.4 Å². The average Bonchev–Trinajstić information content (AvgIpc) is 2.78. The van der Waals surface area contributed by atoms with Gasteiger partial charge in [0.05, 0.1) is 17.4 Å². The Bertz CT molecular complexity index is 864. The maximum absolute atomic E-state index is 13.8. The lowest BCUT2D eigenvalue weighted by Gasteiger charge is -2.10. The standard InChI is InChI=1S/C12H10F3N3O4S/c1-18-10(11(14)15)8(5-16-18)17-23(21,22)9-3-2-6(12(19)20)4-7(9)13/h2-5,11,17H,1H3,(H,19,20). The zero-order chi connectivity index (χ0) is 17.4. The molecule has 0 bridgehead atoms. The number of rotatable bonds is 5. The van der Waals surface area contributed by atoms with Crippen LogP contribution in [0.3, 0.4) is 0 Å². The number of sulfonamides is 1. The topological polar surface area (TPSA) is 101 Å². The molecule has 0 spiro atoms. The Morgan fingerprint density at radius 1 is 1.39 bits per heavy atom. The molecule has 2 aromatic rings. The van der Waals surface area contributed by atoms with Gasteiger partial charge in [0, 0.05) is 7.05 Å². The molecule has 1 aromatic heterocycles. The van der Waals surface area contributed by atoms with Crippen LogP contribution in [0.5, 0.6) is 0 Å². The number of carboxylic acid groups (broad SMARTS) is 1. The maximum Gasteiger partial charge on any atom is 0.335 e. The van der Waals surface area contributed by atoms with Gasteiger partial charge in [-0.15, -0.1) is 0 Å². The third-order valence-corrected chi connectivity index (χ3v) is 4.30. The van der Waals surface area contributed by atoms with Crippen molar-refractivity contribution in [3.63, 3.8) is 0 Å². The molecule has 0 amide bonds. The second-order valence-electron chi connectivity index (χ2n) is 4.42. The van der Waals surface area contributed by atoms with Gasteiger partial charge >= 0.3 is 5.97 Å². The quantitative estimate of drug-likeness (QED) is 0.860. The number of alkyl halides is 2. The molecule has 0 radical (unpaired) electrons. The van der Waals surface area contributed by atoms with Gasteiger partial charge in [0.15, 0.2) is 0 Å². The van der Waals surface area contributed by atoms with Crippen LogP contribution in [-0.4, -0.2) is 29.3 Å². The maximum atomic E-state index is 13.8. The molecule has 1 aromatic carbocycles. The Hall–Kier alpha value is -2.56. The molecule has 0 atom stereocenters. The van der Waals surface area contributed by atoms with E-state index in [0.29, 0.717) is 6.07 Å². The average molecular weight is 349 g/mol. The Morgan fingerprint density at radius 2 is 2.04 bits per heavy atom. The fourth-order valence-electron chi connectivity index (χ4n) is 1.84. The molecule has 1 heterocycles. The van der Waals surface area contributed by atoms with Crippen molar-refractivity contribution in [1.29, 1.82) is 0 Å². The highest BCUT2D eigenvalue weighted by atomic mass is 32.2. The molecule has 0 fully saturated rings. The van der Waals surface area contributed by atoms with E-state index < -0.39 is 50.1 Å². The number of anilines is 1. The summed E-state index contributed by atoms with van der Waals surface area (Å²) < 4.78 is 66.4. The van der Waals surface area contributed by atoms with Gasteiger partial charge in [0.25, 0.3) is 16.4 Å². The lowest BCUT2D eigenvalue weighted by atomic mass is 10.2. The fourth-order valence-corrected chi connectivity index (χ4v) is 2.96. The number of aromatic nitrogens is 2. The number of hydrogen-bond donors (Lipinski definition) is 2. The third kappa shape index (κ3) is 3.28. The van der Waals surface area contributed by atoms with Crippen LogP contribution in [0.4, 0.5) is 18.9 Å². The summed E-state index contributed by atoms with van der Waals surface area (Å²) in [5.74, 6) is -2.76. The number of hydrogen-bond acceptors (Lipinski definition) is 4. The summed E-state index contributed by atoms with van der Waals surface area (Å²) in [7, 11) is -3.34. The molecular weight excluding hydrogens is 339 g/mol. The molecule has 0 saturated carbocycles. The van der Waals surface area contributed by atoms with Crippen molar-refractivity contribution in [2.24, 2.45) is 7.05 Å². The van der Waals surface area contributed by atoms with E-state index in [1.54, 1.807) is 0 Å². The first-order chi connectivity index (χ1) is 10.6. The van der Waals surface area contributed by atoms with Crippen molar-refractivity contribution in [3.8, 4) is 0 Å². The number of carboxylic acids is 1. The van der Waals surface area contributed by atoms with Crippen molar-refractivity contribution >= 4 is 21.7 Å². The normalized spacial score (nSPS) is 11.7. The minimum atomic E-state index is -4.53. The van der Waals surface area contributed by atoms with Crippen molar-refractivity contribution in [2.75, 3.05) is 4.72 Å². The summed E-state index contributed by atoms with van der Waals surface area (Å²) >= 11 is 0. The first-order valence-electron chi connectivity index (χ1n) is 5.99. The van der Waals surface area contributed by atoms with Crippen molar-refractivity contribution in [1.82, 2.24) is 9.78 Å². The van der Waals surface area contributed by atoms with Crippen LogP contribution in [-0.2, 0) is 17.1 Å². The SMILES string of the molecule is Cn1ncc(NS(=O)(=O)c2ccc(C(=O)O)cc2F)c1C(F)F. The summed E-state index contributed by atoms with van der Waals surface area (Å²) in [4.78, 5) is 9.83. The molecule has 11 heteroatoms. The molecule has 0 aliphatic carbocycles. The number of nitrogens with one attached hydrogen (secondary N) is 1. The van der Waals surface area contributed by atoms with Crippen LogP contribution in [0, 0.1) is 5.82 Å². The van der Waals surface area contributed by atoms with Gasteiger partial charge < -0.3 is 5.11 Å². The molecule has 23 heavy (non-hydrogen) atoms. The highest BCUT2D eigenvalue weighted by molar-refractivity contribution is 7.92. The van der Waals surface area contributed by atoms with Gasteiger partial charge in [-0.1, -0.05) is 0 Å². The van der Waals surface area contributed by atoms with Gasteiger partial charge in [-0.25, -0.2) is 26.4 Å². The Balaban J connectivity index is 2.42. The van der Waals surface area contributed by atoms with Gasteiger partial charge in [0.2, 0.25) is 0 Å². The number of aromatic carboxylic acids is 1. The Labute approximate surface area is 128 Å². The summed E-state index contributed by atoms with van der Waals surface area (Å²) in [6.07, 6.45) is -2.14. The molecule has 7 nitrogen and oxygen atoms in total. The van der Waals surface area contributed by atoms with Gasteiger partial charge in [-0.2, -0.15) is 5.10 Å². The molecule has 2 rings (SSSR count). The number of carbonyl (C=O) groups is 1. The second-order valence-corrected chi connectivity index (χ2v) is 6.07. The zero-order valence-electron chi connectivity index (χ0n) is 11.5. The lowest BCUT2D eigenvalue weighted by Crippen LogP contribution is -2.16. The Kier molecular flexibility index (Phi) is 4.32. The molecule has 124 valence electrons. The molecular formula is C12H10F3N3O4S. The fraction of sp³-hybridized carbons (Fsp3) is 0.167. The molecule has 2 N–H and O–H groups in total. The summed E-state index contributed by atoms with van der Waals surface area (Å²) in [6, 6.07) is 2.14. The predicted molar refractivity (Wildman–Crippen MR) is 72.3 cm³/mol. The molecule has 0 aliphatic rings. The van der Waals surface area contributed by atoms with Crippen molar-refractivity contribution < 1.29 is 31.5 Å². The molecule has 0 aliphatic heterocycles. The van der Waals surface area contributed by atoms with Crippen LogP contribution in [0.1, 0.15) is 22.5 Å². The van der Waals surface area contributed by atoms with E-state index in [9.17, 15) is 26.4 Å². The zero-order valence-corrected chi connectivity index (χ0v) is 12.3. The lowest BCUT2D eigenvalue weighted by molar-refractivity contribution is 0.0696. The number of halogens is 3. The van der Waals surface area contributed by atoms with Crippen LogP contribution in [0.15, 0.2) is 29.3 Å². The second kappa shape index (κ2) is 5.91. The van der Waals surface area contributed by atoms with Crippen LogP contribution in [0.2, 0.25) is 0 Å². The van der Waals surface area contributed by atoms with E-state index in [0.717, 1.165) is 23.0 Å². The van der Waals surface area contributed by atoms with Gasteiger partial charge in [-0.05, 0) is 18.2 Å². The van der Waals surface area contributed by atoms with E-state index in [1.807, 2.05) is 4.72 Å². The summed E-state index contributed by atoms with van der Waals surface area (Å²) in [6.45, 7) is 0. The van der Waals surface area contributed by atoms with E-state index in [1.165, 1.54) is 7.05 Å². The van der Waals surface area contributed by atoms with Crippen molar-refractivity contribution in [3.05, 3.63) is 41.5 Å². The number of benzene rings is 1. The van der Waals surface area contributed by atoms with Crippen LogP contribution in [0.25, 0.3) is 0 Å². The van der Waals surface area contributed by atoms with Crippen LogP contribution < -0.4 is 4.72 Å². The van der Waals surface area contributed by atoms with E-state index >= 15 is 0 Å². The number of nitrogens with zero attached hydrogens (tertiary/aromatic N) is 2. The smallest absolute Gasteiger partial charge is 0.335 e. The van der Waals surface area contributed by atoms with E-state index in [2.05, 4.69) is 5.10 Å². The highest BCUT2D eigenvalue weighted by Gasteiger charge is 2.25.